The van der Waals surface area contributed by atoms with Gasteiger partial charge >= 0.3 is 0 Å². The largest absolute Gasteiger partial charge is 0.497 e. The van der Waals surface area contributed by atoms with Crippen molar-refractivity contribution < 1.29 is 23.0 Å². The van der Waals surface area contributed by atoms with Crippen LogP contribution in [0.4, 0.5) is 13.9 Å². The molecule has 32 heavy (non-hydrogen) atoms. The van der Waals surface area contributed by atoms with E-state index in [0.29, 0.717) is 37.1 Å². The first-order chi connectivity index (χ1) is 15.0. The molecule has 172 valence electrons. The lowest BCUT2D eigenvalue weighted by Gasteiger charge is -2.27. The SMILES string of the molecule is COc1ccc2sc(N(CCCN3CCOCC3)C(=O)c3ccc(F)c(F)c3)nc2c1.Cl. The summed E-state index contributed by atoms with van der Waals surface area (Å²) in [6.45, 7) is 4.35. The summed E-state index contributed by atoms with van der Waals surface area (Å²) in [6.07, 6.45) is 0.717. The van der Waals surface area contributed by atoms with Crippen LogP contribution in [0.5, 0.6) is 5.75 Å². The molecule has 0 aliphatic carbocycles. The lowest BCUT2D eigenvalue weighted by molar-refractivity contribution is 0.0376. The Hall–Kier alpha value is -2.33. The van der Waals surface area contributed by atoms with E-state index in [9.17, 15) is 13.6 Å². The number of aromatic nitrogens is 1. The number of halogens is 3. The summed E-state index contributed by atoms with van der Waals surface area (Å²) in [4.78, 5) is 21.7. The third-order valence-corrected chi connectivity index (χ3v) is 6.25. The fourth-order valence-corrected chi connectivity index (χ4v) is 4.45. The number of fused-ring (bicyclic) bond motifs is 1. The number of morpholine rings is 1. The number of anilines is 1. The predicted octanol–water partition coefficient (Wildman–Crippen LogP) is 4.37. The van der Waals surface area contributed by atoms with Gasteiger partial charge in [0, 0.05) is 37.8 Å². The molecular weight excluding hydrogens is 460 g/mol. The number of amides is 1. The van der Waals surface area contributed by atoms with E-state index in [1.165, 1.54) is 17.4 Å². The first-order valence-electron chi connectivity index (χ1n) is 10.1. The maximum absolute atomic E-state index is 13.8. The number of thiazole rings is 1. The second-order valence-electron chi connectivity index (χ2n) is 7.22. The molecule has 0 unspecified atom stereocenters. The third-order valence-electron chi connectivity index (χ3n) is 5.19. The lowest BCUT2D eigenvalue weighted by Crippen LogP contribution is -2.39. The highest BCUT2D eigenvalue weighted by atomic mass is 35.5. The average Bonchev–Trinajstić information content (AvgIpc) is 3.21. The number of benzene rings is 2. The quantitative estimate of drug-likeness (QED) is 0.499. The number of ether oxygens (including phenoxy) is 2. The molecule has 1 amide bonds. The van der Waals surface area contributed by atoms with Crippen molar-refractivity contribution in [1.82, 2.24) is 9.88 Å². The van der Waals surface area contributed by atoms with Crippen LogP contribution in [0.25, 0.3) is 10.2 Å². The van der Waals surface area contributed by atoms with Crippen LogP contribution in [-0.4, -0.2) is 62.3 Å². The van der Waals surface area contributed by atoms with Crippen LogP contribution in [0.15, 0.2) is 36.4 Å². The van der Waals surface area contributed by atoms with Crippen molar-refractivity contribution in [3.05, 3.63) is 53.6 Å². The van der Waals surface area contributed by atoms with Gasteiger partial charge in [0.1, 0.15) is 5.75 Å². The molecule has 1 aliphatic heterocycles. The lowest BCUT2D eigenvalue weighted by atomic mass is 10.2. The highest BCUT2D eigenvalue weighted by Crippen LogP contribution is 2.32. The van der Waals surface area contributed by atoms with Gasteiger partial charge in [0.2, 0.25) is 0 Å². The average molecular weight is 484 g/mol. The van der Waals surface area contributed by atoms with Gasteiger partial charge in [-0.15, -0.1) is 12.4 Å². The molecule has 1 saturated heterocycles. The molecule has 1 aromatic heterocycles. The maximum atomic E-state index is 13.8. The smallest absolute Gasteiger partial charge is 0.260 e. The molecule has 0 atom stereocenters. The standard InChI is InChI=1S/C22H23F2N3O3S.ClH/c1-29-16-4-6-20-19(14-16)25-22(31-20)27(8-2-7-26-9-11-30-12-10-26)21(28)15-3-5-17(23)18(24)13-15;/h3-6,13-14H,2,7-12H2,1H3;1H. The zero-order valence-electron chi connectivity index (χ0n) is 17.6. The number of carbonyl (C=O) groups is 1. The summed E-state index contributed by atoms with van der Waals surface area (Å²) < 4.78 is 38.7. The van der Waals surface area contributed by atoms with Crippen molar-refractivity contribution in [2.24, 2.45) is 0 Å². The summed E-state index contributed by atoms with van der Waals surface area (Å²) in [5, 5.41) is 0.514. The second-order valence-corrected chi connectivity index (χ2v) is 8.23. The number of methoxy groups -OCH3 is 1. The molecule has 2 heterocycles. The Morgan fingerprint density at radius 3 is 2.69 bits per heavy atom. The summed E-state index contributed by atoms with van der Waals surface area (Å²) in [6, 6.07) is 8.74. The molecule has 0 N–H and O–H groups in total. The molecule has 1 aliphatic rings. The molecule has 4 rings (SSSR count). The molecular formula is C22H24ClF2N3O3S. The van der Waals surface area contributed by atoms with Crippen LogP contribution in [0.3, 0.4) is 0 Å². The van der Waals surface area contributed by atoms with Crippen LogP contribution in [-0.2, 0) is 4.74 Å². The number of hydrogen-bond acceptors (Lipinski definition) is 6. The van der Waals surface area contributed by atoms with E-state index in [1.54, 1.807) is 12.0 Å². The van der Waals surface area contributed by atoms with Crippen molar-refractivity contribution in [2.75, 3.05) is 51.4 Å². The van der Waals surface area contributed by atoms with Gasteiger partial charge in [0.05, 0.1) is 30.5 Å². The normalized spacial score (nSPS) is 14.2. The number of hydrogen-bond donors (Lipinski definition) is 0. The molecule has 1 fully saturated rings. The topological polar surface area (TPSA) is 54.9 Å². The zero-order chi connectivity index (χ0) is 21.8. The van der Waals surface area contributed by atoms with Gasteiger partial charge in [0.25, 0.3) is 5.91 Å². The van der Waals surface area contributed by atoms with Gasteiger partial charge in [-0.25, -0.2) is 13.8 Å². The van der Waals surface area contributed by atoms with E-state index in [-0.39, 0.29) is 18.0 Å². The van der Waals surface area contributed by atoms with E-state index in [1.807, 2.05) is 18.2 Å². The van der Waals surface area contributed by atoms with Gasteiger partial charge in [-0.05, 0) is 36.8 Å². The van der Waals surface area contributed by atoms with E-state index in [4.69, 9.17) is 9.47 Å². The predicted molar refractivity (Wildman–Crippen MR) is 123 cm³/mol. The van der Waals surface area contributed by atoms with Crippen molar-refractivity contribution >= 4 is 45.0 Å². The molecule has 6 nitrogen and oxygen atoms in total. The van der Waals surface area contributed by atoms with Gasteiger partial charge in [0.15, 0.2) is 16.8 Å². The Bertz CT molecular complexity index is 1080. The summed E-state index contributed by atoms with van der Waals surface area (Å²) in [5.41, 5.74) is 0.803. The Morgan fingerprint density at radius 1 is 1.19 bits per heavy atom. The molecule has 0 radical (unpaired) electrons. The van der Waals surface area contributed by atoms with E-state index >= 15 is 0 Å². The monoisotopic (exact) mass is 483 g/mol. The van der Waals surface area contributed by atoms with Crippen LogP contribution in [0.1, 0.15) is 16.8 Å². The van der Waals surface area contributed by atoms with E-state index in [0.717, 1.165) is 42.0 Å². The van der Waals surface area contributed by atoms with Crippen molar-refractivity contribution in [3.63, 3.8) is 0 Å². The van der Waals surface area contributed by atoms with Crippen molar-refractivity contribution in [3.8, 4) is 5.75 Å². The summed E-state index contributed by atoms with van der Waals surface area (Å²) in [5.74, 6) is -1.77. The minimum absolute atomic E-state index is 0. The number of carbonyl (C=O) groups excluding carboxylic acids is 1. The first-order valence-corrected chi connectivity index (χ1v) is 10.9. The molecule has 2 aromatic carbocycles. The van der Waals surface area contributed by atoms with E-state index in [2.05, 4.69) is 9.88 Å². The molecule has 0 saturated carbocycles. The molecule has 0 spiro atoms. The fourth-order valence-electron chi connectivity index (χ4n) is 3.48. The van der Waals surface area contributed by atoms with Gasteiger partial charge < -0.3 is 9.47 Å². The van der Waals surface area contributed by atoms with Crippen LogP contribution >= 0.6 is 23.7 Å². The van der Waals surface area contributed by atoms with Crippen molar-refractivity contribution in [2.45, 2.75) is 6.42 Å². The zero-order valence-corrected chi connectivity index (χ0v) is 19.2. The first kappa shape index (κ1) is 24.3. The minimum atomic E-state index is -1.05. The Morgan fingerprint density at radius 2 is 1.97 bits per heavy atom. The molecule has 3 aromatic rings. The molecule has 10 heteroatoms. The Kier molecular flexibility index (Phi) is 8.36. The van der Waals surface area contributed by atoms with Gasteiger partial charge in [-0.3, -0.25) is 14.6 Å². The van der Waals surface area contributed by atoms with Crippen LogP contribution < -0.4 is 9.64 Å². The Labute approximate surface area is 195 Å². The van der Waals surface area contributed by atoms with Crippen LogP contribution in [0, 0.1) is 11.6 Å². The third kappa shape index (κ3) is 5.53. The van der Waals surface area contributed by atoms with Gasteiger partial charge in [-0.1, -0.05) is 11.3 Å². The number of rotatable bonds is 7. The van der Waals surface area contributed by atoms with E-state index < -0.39 is 17.5 Å². The summed E-state index contributed by atoms with van der Waals surface area (Å²) >= 11 is 1.38. The number of nitrogens with zero attached hydrogens (tertiary/aromatic N) is 3. The highest BCUT2D eigenvalue weighted by Gasteiger charge is 2.23. The summed E-state index contributed by atoms with van der Waals surface area (Å²) in [7, 11) is 1.58. The van der Waals surface area contributed by atoms with Crippen molar-refractivity contribution in [1.29, 1.82) is 0 Å². The Balaban J connectivity index is 0.00000289. The second kappa shape index (κ2) is 11.0. The minimum Gasteiger partial charge on any atom is -0.497 e. The highest BCUT2D eigenvalue weighted by molar-refractivity contribution is 7.22. The molecule has 0 bridgehead atoms. The van der Waals surface area contributed by atoms with Crippen LogP contribution in [0.2, 0.25) is 0 Å². The maximum Gasteiger partial charge on any atom is 0.260 e. The van der Waals surface area contributed by atoms with Gasteiger partial charge in [-0.2, -0.15) is 0 Å². The fraction of sp³-hybridized carbons (Fsp3) is 0.364.